The molecule has 5 amide bonds. The molecule has 6 N–H and O–H groups in total. The molecule has 3 aliphatic heterocycles. The van der Waals surface area contributed by atoms with Gasteiger partial charge in [0.1, 0.15) is 0 Å². The van der Waals surface area contributed by atoms with E-state index in [1.807, 2.05) is 17.8 Å². The number of hydrogen-bond acceptors (Lipinski definition) is 8. The number of amides is 5. The number of unbranched alkanes of at least 4 members (excludes halogenated alkanes) is 8. The van der Waals surface area contributed by atoms with Crippen molar-refractivity contribution < 1.29 is 33.8 Å². The molecule has 3 fully saturated rings. The molecule has 3 saturated heterocycles. The van der Waals surface area contributed by atoms with Gasteiger partial charge in [0.2, 0.25) is 17.7 Å². The van der Waals surface area contributed by atoms with E-state index in [4.69, 9.17) is 9.84 Å². The number of ketones is 1. The second-order valence-electron chi connectivity index (χ2n) is 14.1. The average Bonchev–Trinajstić information content (AvgIpc) is 3.65. The van der Waals surface area contributed by atoms with Crippen LogP contribution in [0, 0.1) is 5.92 Å². The number of aliphatic hydroxyl groups excluding tert-OH is 1. The molecule has 0 aromatic heterocycles. The lowest BCUT2D eigenvalue weighted by Crippen LogP contribution is -2.39. The summed E-state index contributed by atoms with van der Waals surface area (Å²) in [5.41, 5.74) is 0. The van der Waals surface area contributed by atoms with Gasteiger partial charge >= 0.3 is 6.03 Å². The van der Waals surface area contributed by atoms with Crippen molar-refractivity contribution in [3.63, 3.8) is 0 Å². The number of ether oxygens (including phenoxy) is 1. The quantitative estimate of drug-likeness (QED) is 0.0441. The van der Waals surface area contributed by atoms with Gasteiger partial charge in [0, 0.05) is 49.9 Å². The fraction of sp³-hybridized carbons (Fsp3) is 0.811. The number of hydrogen-bond donors (Lipinski definition) is 6. The number of carbonyl (C=O) groups excluding carboxylic acids is 5. The zero-order valence-electron chi connectivity index (χ0n) is 30.2. The van der Waals surface area contributed by atoms with Crippen LogP contribution in [0.3, 0.4) is 0 Å². The van der Waals surface area contributed by atoms with Gasteiger partial charge in [-0.15, -0.1) is 0 Å². The lowest BCUT2D eigenvalue weighted by Gasteiger charge is -2.34. The number of thioether (sulfide) groups is 1. The standard InChI is InChI=1S/C37H63N5O7S/c1-27-18-19-29(49-31(27)25-35(47)40-22-23-43)24-28(44)14-8-5-3-2-4-6-12-20-38-33(45)16-9-7-13-21-39-34(46)17-11-10-15-32-36-30(26-50-32)41-37(48)42-36/h8,14,27,29-32,36,43H,2-7,9-13,15-26H2,1H3,(H,38,45)(H,39,46)(H,40,47)(H2,41,42,48)/b14-8+/t27-,29+,30-,31-,32-,36-/m0/s1. The zero-order chi connectivity index (χ0) is 36.0. The van der Waals surface area contributed by atoms with Crippen LogP contribution in [0.4, 0.5) is 4.79 Å². The molecule has 13 heteroatoms. The number of allylic oxidation sites excluding steroid dienone is 2. The highest BCUT2D eigenvalue weighted by Crippen LogP contribution is 2.33. The van der Waals surface area contributed by atoms with Crippen molar-refractivity contribution in [1.82, 2.24) is 26.6 Å². The van der Waals surface area contributed by atoms with Gasteiger partial charge in [-0.25, -0.2) is 4.79 Å². The Hall–Kier alpha value is -2.64. The Balaban J connectivity index is 1.06. The third-order valence-electron chi connectivity index (χ3n) is 9.85. The zero-order valence-corrected chi connectivity index (χ0v) is 31.0. The van der Waals surface area contributed by atoms with Gasteiger partial charge < -0.3 is 36.4 Å². The number of carbonyl (C=O) groups is 5. The third kappa shape index (κ3) is 17.0. The van der Waals surface area contributed by atoms with Crippen molar-refractivity contribution in [2.24, 2.45) is 5.92 Å². The molecule has 3 heterocycles. The van der Waals surface area contributed by atoms with Gasteiger partial charge in [-0.1, -0.05) is 45.1 Å². The number of rotatable bonds is 26. The van der Waals surface area contributed by atoms with Gasteiger partial charge in [0.05, 0.1) is 37.3 Å². The van der Waals surface area contributed by atoms with E-state index in [1.165, 1.54) is 0 Å². The van der Waals surface area contributed by atoms with Crippen LogP contribution < -0.4 is 26.6 Å². The third-order valence-corrected chi connectivity index (χ3v) is 11.4. The van der Waals surface area contributed by atoms with E-state index in [9.17, 15) is 24.0 Å². The number of aliphatic hydroxyl groups is 1. The number of urea groups is 1. The molecule has 0 bridgehead atoms. The smallest absolute Gasteiger partial charge is 0.315 e. The Kier molecular flexibility index (Phi) is 20.5. The largest absolute Gasteiger partial charge is 0.395 e. The SMILES string of the molecule is C[C@H]1CC[C@H](CC(=O)/C=C/CCCCCCCNC(=O)CCCCCNC(=O)CCCC[C@@H]2SC[C@@H]3NC(=O)N[C@@H]32)O[C@H]1CC(=O)NCCO. The van der Waals surface area contributed by atoms with Crippen LogP contribution in [0.5, 0.6) is 0 Å². The normalized spacial score (nSPS) is 24.4. The van der Waals surface area contributed by atoms with Gasteiger partial charge in [0.25, 0.3) is 0 Å². The van der Waals surface area contributed by atoms with Crippen molar-refractivity contribution in [2.75, 3.05) is 32.0 Å². The molecule has 0 aromatic rings. The predicted octanol–water partition coefficient (Wildman–Crippen LogP) is 4.04. The minimum absolute atomic E-state index is 0.0592. The van der Waals surface area contributed by atoms with Crippen LogP contribution in [0.25, 0.3) is 0 Å². The Bertz CT molecular complexity index is 1090. The molecule has 3 rings (SSSR count). The van der Waals surface area contributed by atoms with Gasteiger partial charge in [-0.2, -0.15) is 11.8 Å². The minimum Gasteiger partial charge on any atom is -0.395 e. The first-order chi connectivity index (χ1) is 24.2. The van der Waals surface area contributed by atoms with E-state index in [0.29, 0.717) is 37.6 Å². The fourth-order valence-electron chi connectivity index (χ4n) is 6.85. The summed E-state index contributed by atoms with van der Waals surface area (Å²) >= 11 is 1.91. The highest BCUT2D eigenvalue weighted by atomic mass is 32.2. The Morgan fingerprint density at radius 1 is 0.820 bits per heavy atom. The van der Waals surface area contributed by atoms with Crippen molar-refractivity contribution >= 4 is 41.3 Å². The first-order valence-corrected chi connectivity index (χ1v) is 20.2. The highest BCUT2D eigenvalue weighted by molar-refractivity contribution is 8.00. The summed E-state index contributed by atoms with van der Waals surface area (Å²) in [5, 5.41) is 24.0. The van der Waals surface area contributed by atoms with E-state index in [0.717, 1.165) is 95.6 Å². The van der Waals surface area contributed by atoms with Crippen LogP contribution in [0.15, 0.2) is 12.2 Å². The lowest BCUT2D eigenvalue weighted by molar-refractivity contribution is -0.134. The topological polar surface area (TPSA) is 175 Å². The molecular weight excluding hydrogens is 659 g/mol. The molecule has 0 radical (unpaired) electrons. The fourth-order valence-corrected chi connectivity index (χ4v) is 8.40. The summed E-state index contributed by atoms with van der Waals surface area (Å²) in [7, 11) is 0. The molecule has 0 unspecified atom stereocenters. The summed E-state index contributed by atoms with van der Waals surface area (Å²) in [6.45, 7) is 3.57. The van der Waals surface area contributed by atoms with Crippen LogP contribution in [-0.4, -0.2) is 96.2 Å². The first kappa shape index (κ1) is 41.8. The maximum absolute atomic E-state index is 12.4. The lowest BCUT2D eigenvalue weighted by atomic mass is 9.90. The Morgan fingerprint density at radius 3 is 2.22 bits per heavy atom. The molecule has 0 aliphatic carbocycles. The molecule has 3 aliphatic rings. The Morgan fingerprint density at radius 2 is 1.48 bits per heavy atom. The Labute approximate surface area is 303 Å². The van der Waals surface area contributed by atoms with E-state index in [1.54, 1.807) is 6.08 Å². The van der Waals surface area contributed by atoms with Crippen molar-refractivity contribution in [3.05, 3.63) is 12.2 Å². The van der Waals surface area contributed by atoms with Crippen LogP contribution >= 0.6 is 11.8 Å². The molecule has 0 aromatic carbocycles. The molecule has 50 heavy (non-hydrogen) atoms. The molecule has 284 valence electrons. The van der Waals surface area contributed by atoms with E-state index >= 15 is 0 Å². The minimum atomic E-state index is -0.199. The predicted molar refractivity (Wildman–Crippen MR) is 197 cm³/mol. The first-order valence-electron chi connectivity index (χ1n) is 19.2. The van der Waals surface area contributed by atoms with Crippen molar-refractivity contribution in [1.29, 1.82) is 0 Å². The second-order valence-corrected chi connectivity index (χ2v) is 15.4. The van der Waals surface area contributed by atoms with E-state index < -0.39 is 0 Å². The highest BCUT2D eigenvalue weighted by Gasteiger charge is 2.42. The van der Waals surface area contributed by atoms with Crippen LogP contribution in [0.1, 0.15) is 122 Å². The van der Waals surface area contributed by atoms with E-state index in [2.05, 4.69) is 33.5 Å². The molecule has 12 nitrogen and oxygen atoms in total. The van der Waals surface area contributed by atoms with Gasteiger partial charge in [-0.05, 0) is 69.8 Å². The molecule has 0 saturated carbocycles. The number of nitrogens with one attached hydrogen (secondary N) is 5. The van der Waals surface area contributed by atoms with E-state index in [-0.39, 0.29) is 79.3 Å². The average molecular weight is 722 g/mol. The summed E-state index contributed by atoms with van der Waals surface area (Å²) in [5.74, 6) is 1.33. The van der Waals surface area contributed by atoms with Crippen LogP contribution in [0.2, 0.25) is 0 Å². The van der Waals surface area contributed by atoms with Crippen molar-refractivity contribution in [3.8, 4) is 0 Å². The molecule has 6 atom stereocenters. The second kappa shape index (κ2) is 24.5. The number of fused-ring (bicyclic) bond motifs is 1. The summed E-state index contributed by atoms with van der Waals surface area (Å²) in [6.07, 6.45) is 18.2. The monoisotopic (exact) mass is 721 g/mol. The van der Waals surface area contributed by atoms with Crippen molar-refractivity contribution in [2.45, 2.75) is 152 Å². The summed E-state index contributed by atoms with van der Waals surface area (Å²) in [4.78, 5) is 60.2. The molecule has 0 spiro atoms. The summed E-state index contributed by atoms with van der Waals surface area (Å²) in [6, 6.07) is 0.411. The van der Waals surface area contributed by atoms with Gasteiger partial charge in [-0.3, -0.25) is 19.2 Å². The molecular formula is C37H63N5O7S. The maximum Gasteiger partial charge on any atom is 0.315 e. The maximum atomic E-state index is 12.4. The van der Waals surface area contributed by atoms with Gasteiger partial charge in [0.15, 0.2) is 5.78 Å². The summed E-state index contributed by atoms with van der Waals surface area (Å²) < 4.78 is 6.07. The van der Waals surface area contributed by atoms with Crippen LogP contribution in [-0.2, 0) is 23.9 Å².